The van der Waals surface area contributed by atoms with Crippen LogP contribution in [0.15, 0.2) is 48.5 Å². The molecular weight excluding hydrogens is 450 g/mol. The Bertz CT molecular complexity index is 1210. The first-order valence-corrected chi connectivity index (χ1v) is 12.2. The van der Waals surface area contributed by atoms with Gasteiger partial charge in [0.25, 0.3) is 0 Å². The van der Waals surface area contributed by atoms with Crippen molar-refractivity contribution in [2.75, 3.05) is 16.8 Å². The Kier molecular flexibility index (Phi) is 5.72. The minimum atomic E-state index is -0.792. The number of halogens is 1. The highest BCUT2D eigenvalue weighted by atomic mass is 35.5. The number of fused-ring (bicyclic) bond motifs is 5. The summed E-state index contributed by atoms with van der Waals surface area (Å²) in [5.41, 5.74) is 4.70. The van der Waals surface area contributed by atoms with Crippen molar-refractivity contribution >= 4 is 46.3 Å². The number of aryl methyl sites for hydroxylation is 1. The standard InChI is InChI=1S/C27H28ClN3O3/c1-4-5-12-30-26(33)22-21-14-16(3)19-13-15(2)6-11-20(19)31(21)24(23(22)27(30)34)25(32)29-18-9-7-17(28)8-10-18/h6-11,13-14,21-24H,4-5,12H2,1-3H3,(H,29,32)/t21-,22+,23+,24-/m0/s1. The number of hydrogen-bond donors (Lipinski definition) is 1. The van der Waals surface area contributed by atoms with Crippen LogP contribution in [0.3, 0.4) is 0 Å². The van der Waals surface area contributed by atoms with Gasteiger partial charge in [-0.15, -0.1) is 0 Å². The Balaban J connectivity index is 1.59. The Morgan fingerprint density at radius 3 is 2.44 bits per heavy atom. The molecule has 3 aliphatic heterocycles. The van der Waals surface area contributed by atoms with Gasteiger partial charge in [0.2, 0.25) is 17.7 Å². The minimum Gasteiger partial charge on any atom is -0.351 e. The van der Waals surface area contributed by atoms with Crippen LogP contribution in [0.1, 0.15) is 37.8 Å². The van der Waals surface area contributed by atoms with Crippen molar-refractivity contribution in [3.63, 3.8) is 0 Å². The van der Waals surface area contributed by atoms with Gasteiger partial charge in [-0.05, 0) is 62.2 Å². The topological polar surface area (TPSA) is 69.7 Å². The Hall–Kier alpha value is -3.12. The smallest absolute Gasteiger partial charge is 0.247 e. The molecule has 34 heavy (non-hydrogen) atoms. The van der Waals surface area contributed by atoms with Crippen molar-refractivity contribution in [1.29, 1.82) is 0 Å². The maximum Gasteiger partial charge on any atom is 0.247 e. The van der Waals surface area contributed by atoms with Gasteiger partial charge in [-0.25, -0.2) is 0 Å². The third-order valence-corrected chi connectivity index (χ3v) is 7.46. The fraction of sp³-hybridized carbons (Fsp3) is 0.370. The molecule has 4 atom stereocenters. The van der Waals surface area contributed by atoms with Crippen molar-refractivity contribution in [3.8, 4) is 0 Å². The number of anilines is 2. The maximum absolute atomic E-state index is 13.7. The number of nitrogens with zero attached hydrogens (tertiary/aromatic N) is 2. The van der Waals surface area contributed by atoms with Crippen LogP contribution in [0, 0.1) is 18.8 Å². The van der Waals surface area contributed by atoms with Gasteiger partial charge in [0.05, 0.1) is 17.9 Å². The van der Waals surface area contributed by atoms with Crippen LogP contribution in [0.2, 0.25) is 5.02 Å². The van der Waals surface area contributed by atoms with Crippen LogP contribution in [0.25, 0.3) is 5.57 Å². The summed E-state index contributed by atoms with van der Waals surface area (Å²) < 4.78 is 0. The highest BCUT2D eigenvalue weighted by molar-refractivity contribution is 6.30. The molecule has 6 nitrogen and oxygen atoms in total. The molecule has 2 aromatic rings. The molecule has 3 amide bonds. The number of allylic oxidation sites excluding steroid dienone is 1. The number of nitrogens with one attached hydrogen (secondary N) is 1. The normalized spacial score (nSPS) is 25.1. The van der Waals surface area contributed by atoms with Crippen molar-refractivity contribution < 1.29 is 14.4 Å². The van der Waals surface area contributed by atoms with Gasteiger partial charge in [-0.2, -0.15) is 0 Å². The van der Waals surface area contributed by atoms with E-state index in [1.54, 1.807) is 24.3 Å². The number of hydrogen-bond acceptors (Lipinski definition) is 4. The Morgan fingerprint density at radius 1 is 1.03 bits per heavy atom. The van der Waals surface area contributed by atoms with E-state index in [1.807, 2.05) is 37.8 Å². The lowest BCUT2D eigenvalue weighted by molar-refractivity contribution is -0.141. The fourth-order valence-corrected chi connectivity index (χ4v) is 5.73. The Morgan fingerprint density at radius 2 is 1.74 bits per heavy atom. The molecule has 0 radical (unpaired) electrons. The molecule has 0 bridgehead atoms. The van der Waals surface area contributed by atoms with Crippen molar-refractivity contribution in [1.82, 2.24) is 4.90 Å². The number of rotatable bonds is 5. The summed E-state index contributed by atoms with van der Waals surface area (Å²) >= 11 is 6.00. The number of imide groups is 1. The monoisotopic (exact) mass is 477 g/mol. The van der Waals surface area contributed by atoms with Gasteiger partial charge in [0, 0.05) is 28.5 Å². The Labute approximate surface area is 204 Å². The molecule has 1 N–H and O–H groups in total. The van der Waals surface area contributed by atoms with E-state index in [4.69, 9.17) is 11.6 Å². The maximum atomic E-state index is 13.7. The number of carbonyl (C=O) groups excluding carboxylic acids is 3. The minimum absolute atomic E-state index is 0.167. The molecule has 0 saturated carbocycles. The summed E-state index contributed by atoms with van der Waals surface area (Å²) in [6, 6.07) is 11.8. The zero-order valence-corrected chi connectivity index (χ0v) is 20.3. The first-order chi connectivity index (χ1) is 16.3. The third kappa shape index (κ3) is 3.52. The van der Waals surface area contributed by atoms with E-state index < -0.39 is 17.9 Å². The molecule has 5 rings (SSSR count). The number of amides is 3. The SMILES string of the molecule is CCCCN1C(=O)[C@@H]2[C@H](C1=O)[C@@H]1C=C(C)c3cc(C)ccc3N1[C@@H]2C(=O)Nc1ccc(Cl)cc1. The van der Waals surface area contributed by atoms with Crippen LogP contribution >= 0.6 is 11.6 Å². The second kappa shape index (κ2) is 8.58. The van der Waals surface area contributed by atoms with Gasteiger partial charge < -0.3 is 10.2 Å². The van der Waals surface area contributed by atoms with E-state index in [0.717, 1.165) is 35.2 Å². The number of benzene rings is 2. The predicted molar refractivity (Wildman–Crippen MR) is 134 cm³/mol. The molecule has 0 unspecified atom stereocenters. The zero-order chi connectivity index (χ0) is 24.1. The lowest BCUT2D eigenvalue weighted by atomic mass is 9.87. The quantitative estimate of drug-likeness (QED) is 0.636. The van der Waals surface area contributed by atoms with Gasteiger partial charge >= 0.3 is 0 Å². The average Bonchev–Trinajstić information content (AvgIpc) is 3.27. The van der Waals surface area contributed by atoms with E-state index in [-0.39, 0.29) is 23.8 Å². The first-order valence-electron chi connectivity index (χ1n) is 11.8. The molecule has 3 heterocycles. The highest BCUT2D eigenvalue weighted by Crippen LogP contribution is 2.50. The lowest BCUT2D eigenvalue weighted by Crippen LogP contribution is -2.50. The molecule has 3 aliphatic rings. The molecule has 2 fully saturated rings. The summed E-state index contributed by atoms with van der Waals surface area (Å²) in [6.45, 7) is 6.49. The van der Waals surface area contributed by atoms with E-state index in [1.165, 1.54) is 4.90 Å². The summed E-state index contributed by atoms with van der Waals surface area (Å²) in [6.07, 6.45) is 3.70. The third-order valence-electron chi connectivity index (χ3n) is 7.21. The van der Waals surface area contributed by atoms with Crippen molar-refractivity contribution in [3.05, 3.63) is 64.7 Å². The molecule has 0 aromatic heterocycles. The molecule has 176 valence electrons. The predicted octanol–water partition coefficient (Wildman–Crippen LogP) is 4.66. The van der Waals surface area contributed by atoms with Crippen molar-refractivity contribution in [2.45, 2.75) is 45.7 Å². The number of unbranched alkanes of at least 4 members (excludes halogenated alkanes) is 1. The van der Waals surface area contributed by atoms with Crippen LogP contribution in [-0.4, -0.2) is 41.2 Å². The molecular formula is C27H28ClN3O3. The lowest BCUT2D eigenvalue weighted by Gasteiger charge is -2.38. The second-order valence-corrected chi connectivity index (χ2v) is 9.88. The van der Waals surface area contributed by atoms with E-state index >= 15 is 0 Å². The number of likely N-dealkylation sites (tertiary alicyclic amines) is 1. The van der Waals surface area contributed by atoms with Crippen molar-refractivity contribution in [2.24, 2.45) is 11.8 Å². The molecule has 2 saturated heterocycles. The zero-order valence-electron chi connectivity index (χ0n) is 19.5. The summed E-state index contributed by atoms with van der Waals surface area (Å²) in [7, 11) is 0. The van der Waals surface area contributed by atoms with E-state index in [0.29, 0.717) is 17.3 Å². The van der Waals surface area contributed by atoms with Crippen LogP contribution in [-0.2, 0) is 14.4 Å². The molecule has 7 heteroatoms. The fourth-order valence-electron chi connectivity index (χ4n) is 5.60. The van der Waals surface area contributed by atoms with Crippen LogP contribution in [0.4, 0.5) is 11.4 Å². The average molecular weight is 478 g/mol. The van der Waals surface area contributed by atoms with E-state index in [9.17, 15) is 14.4 Å². The largest absolute Gasteiger partial charge is 0.351 e. The summed E-state index contributed by atoms with van der Waals surface area (Å²) in [5, 5.41) is 3.53. The van der Waals surface area contributed by atoms with Gasteiger partial charge in [0.15, 0.2) is 0 Å². The molecule has 0 aliphatic carbocycles. The van der Waals surface area contributed by atoms with Crippen LogP contribution < -0.4 is 10.2 Å². The van der Waals surface area contributed by atoms with Crippen LogP contribution in [0.5, 0.6) is 0 Å². The summed E-state index contributed by atoms with van der Waals surface area (Å²) in [4.78, 5) is 44.2. The summed E-state index contributed by atoms with van der Waals surface area (Å²) in [5.74, 6) is -2.00. The van der Waals surface area contributed by atoms with Gasteiger partial charge in [0.1, 0.15) is 6.04 Å². The number of carbonyl (C=O) groups is 3. The second-order valence-electron chi connectivity index (χ2n) is 9.44. The first kappa shape index (κ1) is 22.7. The molecule has 2 aromatic carbocycles. The van der Waals surface area contributed by atoms with E-state index in [2.05, 4.69) is 17.5 Å². The van der Waals surface area contributed by atoms with Gasteiger partial charge in [-0.3, -0.25) is 19.3 Å². The van der Waals surface area contributed by atoms with Gasteiger partial charge in [-0.1, -0.05) is 42.7 Å². The molecule has 0 spiro atoms. The highest BCUT2D eigenvalue weighted by Gasteiger charge is 2.64.